The maximum absolute atomic E-state index is 11.5. The van der Waals surface area contributed by atoms with Crippen molar-refractivity contribution in [1.29, 1.82) is 0 Å². The molecule has 0 saturated heterocycles. The maximum Gasteiger partial charge on any atom is 0.186 e. The number of aliphatic imine (C=N–C) groups is 1. The third-order valence-electron chi connectivity index (χ3n) is 5.50. The van der Waals surface area contributed by atoms with Crippen molar-refractivity contribution in [3.8, 4) is 0 Å². The first-order chi connectivity index (χ1) is 12.5. The van der Waals surface area contributed by atoms with Crippen LogP contribution in [0.15, 0.2) is 59.1 Å². The molecule has 1 heterocycles. The zero-order valence-electron chi connectivity index (χ0n) is 15.1. The SMILES string of the molecule is Cc1ccc(C2=C3CCCCCC3=N[C@@](O)(c3ccc(Cl)cc3)C2)cc1. The molecule has 4 rings (SSSR count). The highest BCUT2D eigenvalue weighted by atomic mass is 35.5. The molecule has 3 heteroatoms. The lowest BCUT2D eigenvalue weighted by Gasteiger charge is -2.33. The minimum Gasteiger partial charge on any atom is -0.365 e. The fraction of sp³-hybridized carbons (Fsp3) is 0.348. The number of aryl methyl sites for hydroxylation is 1. The molecule has 2 aromatic rings. The summed E-state index contributed by atoms with van der Waals surface area (Å²) in [5.74, 6) is 0. The third-order valence-corrected chi connectivity index (χ3v) is 5.75. The highest BCUT2D eigenvalue weighted by Gasteiger charge is 2.36. The normalized spacial score (nSPS) is 23.3. The van der Waals surface area contributed by atoms with Gasteiger partial charge in [-0.15, -0.1) is 0 Å². The van der Waals surface area contributed by atoms with Gasteiger partial charge in [0, 0.05) is 22.7 Å². The van der Waals surface area contributed by atoms with Gasteiger partial charge in [0.15, 0.2) is 5.72 Å². The van der Waals surface area contributed by atoms with Crippen molar-refractivity contribution < 1.29 is 5.11 Å². The second-order valence-electron chi connectivity index (χ2n) is 7.44. The van der Waals surface area contributed by atoms with Crippen LogP contribution in [0.4, 0.5) is 0 Å². The van der Waals surface area contributed by atoms with Gasteiger partial charge in [-0.3, -0.25) is 4.99 Å². The number of fused-ring (bicyclic) bond motifs is 1. The zero-order chi connectivity index (χ0) is 18.1. The summed E-state index contributed by atoms with van der Waals surface area (Å²) in [6.07, 6.45) is 6.07. The molecule has 0 amide bonds. The summed E-state index contributed by atoms with van der Waals surface area (Å²) < 4.78 is 0. The van der Waals surface area contributed by atoms with Crippen LogP contribution in [-0.4, -0.2) is 10.8 Å². The van der Waals surface area contributed by atoms with E-state index in [2.05, 4.69) is 31.2 Å². The Hall–Kier alpha value is -1.90. The van der Waals surface area contributed by atoms with Crippen LogP contribution in [-0.2, 0) is 5.72 Å². The van der Waals surface area contributed by atoms with E-state index in [0.717, 1.165) is 30.5 Å². The number of halogens is 1. The predicted octanol–water partition coefficient (Wildman–Crippen LogP) is 6.06. The number of hydrogen-bond acceptors (Lipinski definition) is 2. The monoisotopic (exact) mass is 365 g/mol. The van der Waals surface area contributed by atoms with Gasteiger partial charge in [-0.05, 0) is 61.4 Å². The Balaban J connectivity index is 1.83. The van der Waals surface area contributed by atoms with Gasteiger partial charge in [0.25, 0.3) is 0 Å². The summed E-state index contributed by atoms with van der Waals surface area (Å²) in [5, 5.41) is 12.2. The molecule has 0 aromatic heterocycles. The van der Waals surface area contributed by atoms with Crippen LogP contribution in [0.1, 0.15) is 55.2 Å². The molecule has 0 radical (unpaired) electrons. The summed E-state index contributed by atoms with van der Waals surface area (Å²) in [6, 6.07) is 16.1. The number of nitrogens with zero attached hydrogens (tertiary/aromatic N) is 1. The van der Waals surface area contributed by atoms with Crippen molar-refractivity contribution in [2.75, 3.05) is 0 Å². The molecule has 0 spiro atoms. The van der Waals surface area contributed by atoms with E-state index < -0.39 is 5.72 Å². The van der Waals surface area contributed by atoms with Crippen molar-refractivity contribution in [1.82, 2.24) is 0 Å². The lowest BCUT2D eigenvalue weighted by molar-refractivity contribution is 0.0505. The number of rotatable bonds is 2. The van der Waals surface area contributed by atoms with Crippen LogP contribution in [0, 0.1) is 6.92 Å². The van der Waals surface area contributed by atoms with E-state index in [9.17, 15) is 5.11 Å². The molecular weight excluding hydrogens is 342 g/mol. The molecule has 1 fully saturated rings. The molecule has 2 aliphatic rings. The van der Waals surface area contributed by atoms with Crippen LogP contribution >= 0.6 is 11.6 Å². The molecule has 2 aromatic carbocycles. The Kier molecular flexibility index (Phi) is 4.73. The number of aliphatic hydroxyl groups is 1. The number of benzene rings is 2. The van der Waals surface area contributed by atoms with Gasteiger partial charge in [0.1, 0.15) is 0 Å². The average molecular weight is 366 g/mol. The molecule has 1 saturated carbocycles. The summed E-state index contributed by atoms with van der Waals surface area (Å²) in [7, 11) is 0. The lowest BCUT2D eigenvalue weighted by Crippen LogP contribution is -2.30. The van der Waals surface area contributed by atoms with Crippen LogP contribution in [0.5, 0.6) is 0 Å². The van der Waals surface area contributed by atoms with E-state index in [-0.39, 0.29) is 0 Å². The highest BCUT2D eigenvalue weighted by Crippen LogP contribution is 2.43. The number of hydrogen-bond donors (Lipinski definition) is 1. The van der Waals surface area contributed by atoms with Crippen LogP contribution in [0.25, 0.3) is 5.57 Å². The van der Waals surface area contributed by atoms with Gasteiger partial charge in [-0.25, -0.2) is 0 Å². The van der Waals surface area contributed by atoms with Crippen molar-refractivity contribution in [3.05, 3.63) is 75.8 Å². The molecule has 26 heavy (non-hydrogen) atoms. The quantitative estimate of drug-likeness (QED) is 0.689. The molecule has 134 valence electrons. The highest BCUT2D eigenvalue weighted by molar-refractivity contribution is 6.30. The molecule has 1 aliphatic carbocycles. The summed E-state index contributed by atoms with van der Waals surface area (Å²) in [4.78, 5) is 4.86. The van der Waals surface area contributed by atoms with Gasteiger partial charge < -0.3 is 5.11 Å². The van der Waals surface area contributed by atoms with Crippen LogP contribution in [0.2, 0.25) is 5.02 Å². The topological polar surface area (TPSA) is 32.6 Å². The molecular formula is C23H24ClNO. The molecule has 1 atom stereocenters. The van der Waals surface area contributed by atoms with Crippen molar-refractivity contribution in [2.45, 2.75) is 51.2 Å². The Labute approximate surface area is 160 Å². The smallest absolute Gasteiger partial charge is 0.186 e. The fourth-order valence-corrected chi connectivity index (χ4v) is 4.17. The van der Waals surface area contributed by atoms with E-state index in [1.54, 1.807) is 0 Å². The molecule has 0 bridgehead atoms. The molecule has 1 aliphatic heterocycles. The minimum absolute atomic E-state index is 0.510. The van der Waals surface area contributed by atoms with Crippen molar-refractivity contribution >= 4 is 22.9 Å². The van der Waals surface area contributed by atoms with E-state index in [0.29, 0.717) is 11.4 Å². The van der Waals surface area contributed by atoms with Crippen molar-refractivity contribution in [3.63, 3.8) is 0 Å². The van der Waals surface area contributed by atoms with E-state index >= 15 is 0 Å². The fourth-order valence-electron chi connectivity index (χ4n) is 4.05. The largest absolute Gasteiger partial charge is 0.365 e. The summed E-state index contributed by atoms with van der Waals surface area (Å²) in [5.41, 5.74) is 5.72. The second kappa shape index (κ2) is 7.02. The van der Waals surface area contributed by atoms with Gasteiger partial charge in [0.2, 0.25) is 0 Å². The first-order valence-corrected chi connectivity index (χ1v) is 9.79. The number of dihydropyridines is 1. The Morgan fingerprint density at radius 3 is 2.31 bits per heavy atom. The Morgan fingerprint density at radius 2 is 1.58 bits per heavy atom. The lowest BCUT2D eigenvalue weighted by atomic mass is 9.82. The van der Waals surface area contributed by atoms with Gasteiger partial charge in [-0.2, -0.15) is 0 Å². The maximum atomic E-state index is 11.5. The van der Waals surface area contributed by atoms with Crippen LogP contribution < -0.4 is 0 Å². The predicted molar refractivity (Wildman–Crippen MR) is 109 cm³/mol. The first-order valence-electron chi connectivity index (χ1n) is 9.42. The molecule has 1 N–H and O–H groups in total. The minimum atomic E-state index is -1.21. The standard InChI is InChI=1S/C23H24ClNO/c1-16-7-9-17(10-8-16)21-15-23(26,18-11-13-19(24)14-12-18)25-22-6-4-2-3-5-20(21)22/h7-14,26H,2-6,15H2,1H3/t23-/m0/s1. The summed E-state index contributed by atoms with van der Waals surface area (Å²) >= 11 is 6.04. The van der Waals surface area contributed by atoms with Crippen LogP contribution in [0.3, 0.4) is 0 Å². The molecule has 0 unspecified atom stereocenters. The molecule has 2 nitrogen and oxygen atoms in total. The Morgan fingerprint density at radius 1 is 0.885 bits per heavy atom. The second-order valence-corrected chi connectivity index (χ2v) is 7.88. The van der Waals surface area contributed by atoms with Gasteiger partial charge in [0.05, 0.1) is 0 Å². The van der Waals surface area contributed by atoms with Gasteiger partial charge in [-0.1, -0.05) is 60.0 Å². The summed E-state index contributed by atoms with van der Waals surface area (Å²) in [6.45, 7) is 2.10. The third kappa shape index (κ3) is 3.36. The number of allylic oxidation sites excluding steroid dienone is 1. The average Bonchev–Trinajstić information content (AvgIpc) is 2.87. The van der Waals surface area contributed by atoms with E-state index in [1.807, 2.05) is 24.3 Å². The van der Waals surface area contributed by atoms with Crippen molar-refractivity contribution in [2.24, 2.45) is 4.99 Å². The van der Waals surface area contributed by atoms with Gasteiger partial charge >= 0.3 is 0 Å². The van der Waals surface area contributed by atoms with E-state index in [4.69, 9.17) is 16.6 Å². The first kappa shape index (κ1) is 17.5. The Bertz CT molecular complexity index is 864. The van der Waals surface area contributed by atoms with E-state index in [1.165, 1.54) is 35.1 Å². The zero-order valence-corrected chi connectivity index (χ0v) is 15.9.